The first-order chi connectivity index (χ1) is 10.1. The molecule has 2 rings (SSSR count). The molecule has 0 saturated carbocycles. The highest BCUT2D eigenvalue weighted by Gasteiger charge is 2.32. The van der Waals surface area contributed by atoms with Crippen LogP contribution in [0.5, 0.6) is 0 Å². The van der Waals surface area contributed by atoms with E-state index in [0.717, 1.165) is 16.8 Å². The third-order valence-corrected chi connectivity index (χ3v) is 3.82. The lowest BCUT2D eigenvalue weighted by Gasteiger charge is -2.36. The minimum atomic E-state index is -0.389. The van der Waals surface area contributed by atoms with E-state index in [4.69, 9.17) is 10.5 Å². The Balaban J connectivity index is 2.37. The minimum absolute atomic E-state index is 0.0554. The molecule has 7 heteroatoms. The Morgan fingerprint density at radius 1 is 1.48 bits per heavy atom. The first-order valence-electron chi connectivity index (χ1n) is 7.25. The van der Waals surface area contributed by atoms with E-state index in [1.165, 1.54) is 0 Å². The van der Waals surface area contributed by atoms with Gasteiger partial charge in [-0.15, -0.1) is 5.10 Å². The van der Waals surface area contributed by atoms with Crippen LogP contribution in [0.25, 0.3) is 0 Å². The molecule has 1 aromatic heterocycles. The summed E-state index contributed by atoms with van der Waals surface area (Å²) in [4.78, 5) is 14.2. The average Bonchev–Trinajstić information content (AvgIpc) is 2.50. The number of carbonyl (C=O) groups is 1. The fraction of sp³-hybridized carbons (Fsp3) is 0.643. The van der Waals surface area contributed by atoms with Crippen molar-refractivity contribution in [3.63, 3.8) is 0 Å². The first kappa shape index (κ1) is 15.7. The van der Waals surface area contributed by atoms with Crippen LogP contribution in [0.4, 0.5) is 5.82 Å². The highest BCUT2D eigenvalue weighted by Crippen LogP contribution is 2.25. The van der Waals surface area contributed by atoms with E-state index in [1.54, 1.807) is 0 Å². The van der Waals surface area contributed by atoms with Crippen molar-refractivity contribution >= 4 is 11.7 Å². The molecule has 2 heterocycles. The van der Waals surface area contributed by atoms with E-state index in [0.29, 0.717) is 38.7 Å². The van der Waals surface area contributed by atoms with Gasteiger partial charge in [-0.05, 0) is 26.3 Å². The zero-order valence-electron chi connectivity index (χ0n) is 12.8. The number of anilines is 1. The van der Waals surface area contributed by atoms with E-state index in [2.05, 4.69) is 15.5 Å². The molecule has 7 nitrogen and oxygen atoms in total. The van der Waals surface area contributed by atoms with E-state index in [-0.39, 0.29) is 11.9 Å². The molecule has 1 unspecified atom stereocenters. The summed E-state index contributed by atoms with van der Waals surface area (Å²) in [6.07, 6.45) is 0. The van der Waals surface area contributed by atoms with Gasteiger partial charge in [-0.1, -0.05) is 0 Å². The Kier molecular flexibility index (Phi) is 5.08. The molecule has 1 fully saturated rings. The number of amides is 1. The Morgan fingerprint density at radius 2 is 2.24 bits per heavy atom. The standard InChI is InChI=1S/C14H23N5O2/c1-4-16-14(20)12-8-21-6-5-19(12)13-11(7-15)9(2)10(3)17-18-13/h12H,4-8,15H2,1-3H3,(H,16,20). The molecule has 0 spiro atoms. The number of hydrogen-bond acceptors (Lipinski definition) is 6. The smallest absolute Gasteiger partial charge is 0.245 e. The van der Waals surface area contributed by atoms with Crippen molar-refractivity contribution in [2.75, 3.05) is 31.2 Å². The number of nitrogens with two attached hydrogens (primary N) is 1. The fourth-order valence-electron chi connectivity index (χ4n) is 2.49. The number of carbonyl (C=O) groups excluding carboxylic acids is 1. The zero-order valence-corrected chi connectivity index (χ0v) is 12.8. The summed E-state index contributed by atoms with van der Waals surface area (Å²) in [5.41, 5.74) is 8.72. The maximum atomic E-state index is 12.2. The Labute approximate surface area is 124 Å². The maximum Gasteiger partial charge on any atom is 0.245 e. The lowest BCUT2D eigenvalue weighted by Crippen LogP contribution is -2.54. The van der Waals surface area contributed by atoms with Crippen LogP contribution in [0, 0.1) is 13.8 Å². The van der Waals surface area contributed by atoms with Crippen LogP contribution in [0.3, 0.4) is 0 Å². The molecule has 21 heavy (non-hydrogen) atoms. The molecule has 0 radical (unpaired) electrons. The second kappa shape index (κ2) is 6.82. The summed E-state index contributed by atoms with van der Waals surface area (Å²) < 4.78 is 5.45. The second-order valence-electron chi connectivity index (χ2n) is 5.10. The summed E-state index contributed by atoms with van der Waals surface area (Å²) in [5, 5.41) is 11.3. The number of rotatable bonds is 4. The van der Waals surface area contributed by atoms with Crippen LogP contribution in [0.2, 0.25) is 0 Å². The van der Waals surface area contributed by atoms with Gasteiger partial charge in [0, 0.05) is 25.2 Å². The molecule has 1 amide bonds. The van der Waals surface area contributed by atoms with Crippen molar-refractivity contribution in [2.24, 2.45) is 5.73 Å². The van der Waals surface area contributed by atoms with Crippen molar-refractivity contribution in [3.05, 3.63) is 16.8 Å². The predicted octanol–water partition coefficient (Wildman–Crippen LogP) is -0.107. The van der Waals surface area contributed by atoms with Gasteiger partial charge in [0.25, 0.3) is 0 Å². The van der Waals surface area contributed by atoms with Gasteiger partial charge < -0.3 is 20.7 Å². The SMILES string of the molecule is CCNC(=O)C1COCCN1c1nnc(C)c(C)c1CN. The molecule has 0 aromatic carbocycles. The predicted molar refractivity (Wildman–Crippen MR) is 80.0 cm³/mol. The Morgan fingerprint density at radius 3 is 2.90 bits per heavy atom. The van der Waals surface area contributed by atoms with Gasteiger partial charge in [0.2, 0.25) is 5.91 Å². The number of nitrogens with one attached hydrogen (secondary N) is 1. The van der Waals surface area contributed by atoms with E-state index < -0.39 is 0 Å². The number of ether oxygens (including phenoxy) is 1. The van der Waals surface area contributed by atoms with Crippen molar-refractivity contribution < 1.29 is 9.53 Å². The zero-order chi connectivity index (χ0) is 15.4. The minimum Gasteiger partial charge on any atom is -0.377 e. The van der Waals surface area contributed by atoms with Crippen LogP contribution < -0.4 is 16.0 Å². The summed E-state index contributed by atoms with van der Waals surface area (Å²) in [6.45, 7) is 8.27. The van der Waals surface area contributed by atoms with E-state index >= 15 is 0 Å². The largest absolute Gasteiger partial charge is 0.377 e. The molecule has 0 bridgehead atoms. The van der Waals surface area contributed by atoms with Gasteiger partial charge in [-0.2, -0.15) is 5.10 Å². The lowest BCUT2D eigenvalue weighted by molar-refractivity contribution is -0.124. The number of hydrogen-bond donors (Lipinski definition) is 2. The molecule has 1 atom stereocenters. The summed E-state index contributed by atoms with van der Waals surface area (Å²) >= 11 is 0. The molecule has 0 aliphatic carbocycles. The fourth-order valence-corrected chi connectivity index (χ4v) is 2.49. The Hall–Kier alpha value is -1.73. The second-order valence-corrected chi connectivity index (χ2v) is 5.10. The van der Waals surface area contributed by atoms with Crippen molar-refractivity contribution in [3.8, 4) is 0 Å². The number of morpholine rings is 1. The van der Waals surface area contributed by atoms with Crippen molar-refractivity contribution in [2.45, 2.75) is 33.4 Å². The normalized spacial score (nSPS) is 18.7. The summed E-state index contributed by atoms with van der Waals surface area (Å²) in [6, 6.07) is -0.389. The molecular weight excluding hydrogens is 270 g/mol. The average molecular weight is 293 g/mol. The highest BCUT2D eigenvalue weighted by molar-refractivity contribution is 5.85. The van der Waals surface area contributed by atoms with Gasteiger partial charge in [-0.25, -0.2) is 0 Å². The van der Waals surface area contributed by atoms with Gasteiger partial charge in [0.1, 0.15) is 6.04 Å². The molecule has 116 valence electrons. The highest BCUT2D eigenvalue weighted by atomic mass is 16.5. The third kappa shape index (κ3) is 3.14. The van der Waals surface area contributed by atoms with E-state index in [1.807, 2.05) is 25.7 Å². The van der Waals surface area contributed by atoms with E-state index in [9.17, 15) is 4.79 Å². The monoisotopic (exact) mass is 293 g/mol. The summed E-state index contributed by atoms with van der Waals surface area (Å²) in [7, 11) is 0. The molecule has 1 saturated heterocycles. The van der Waals surface area contributed by atoms with Crippen LogP contribution in [0.15, 0.2) is 0 Å². The number of nitrogens with zero attached hydrogens (tertiary/aromatic N) is 3. The van der Waals surface area contributed by atoms with Gasteiger partial charge >= 0.3 is 0 Å². The van der Waals surface area contributed by atoms with Crippen LogP contribution >= 0.6 is 0 Å². The molecule has 1 aromatic rings. The molecular formula is C14H23N5O2. The molecule has 1 aliphatic rings. The molecule has 3 N–H and O–H groups in total. The van der Waals surface area contributed by atoms with Crippen molar-refractivity contribution in [1.29, 1.82) is 0 Å². The topological polar surface area (TPSA) is 93.4 Å². The van der Waals surface area contributed by atoms with Gasteiger partial charge in [0.05, 0.1) is 18.9 Å². The van der Waals surface area contributed by atoms with Crippen LogP contribution in [-0.2, 0) is 16.1 Å². The number of likely N-dealkylation sites (N-methyl/N-ethyl adjacent to an activating group) is 1. The maximum absolute atomic E-state index is 12.2. The lowest BCUT2D eigenvalue weighted by atomic mass is 10.1. The summed E-state index contributed by atoms with van der Waals surface area (Å²) in [5.74, 6) is 0.639. The van der Waals surface area contributed by atoms with Crippen LogP contribution in [0.1, 0.15) is 23.7 Å². The quantitative estimate of drug-likeness (QED) is 0.805. The third-order valence-electron chi connectivity index (χ3n) is 3.82. The number of aromatic nitrogens is 2. The van der Waals surface area contributed by atoms with Gasteiger partial charge in [-0.3, -0.25) is 4.79 Å². The molecule has 1 aliphatic heterocycles. The van der Waals surface area contributed by atoms with Gasteiger partial charge in [0.15, 0.2) is 5.82 Å². The van der Waals surface area contributed by atoms with Crippen molar-refractivity contribution in [1.82, 2.24) is 15.5 Å². The Bertz CT molecular complexity index is 520. The number of aryl methyl sites for hydroxylation is 1. The van der Waals surface area contributed by atoms with Crippen LogP contribution in [-0.4, -0.2) is 48.4 Å². The first-order valence-corrected chi connectivity index (χ1v) is 7.25.